The van der Waals surface area contributed by atoms with E-state index in [1.807, 2.05) is 0 Å². The van der Waals surface area contributed by atoms with Crippen LogP contribution in [0, 0.1) is 51.0 Å². The fraction of sp³-hybridized carbons (Fsp3) is 0.278. The van der Waals surface area contributed by atoms with Crippen LogP contribution >= 0.6 is 0 Å². The number of ether oxygens (including phenoxy) is 3. The van der Waals surface area contributed by atoms with Gasteiger partial charge in [0.25, 0.3) is 0 Å². The van der Waals surface area contributed by atoms with Crippen LogP contribution in [0.3, 0.4) is 0 Å². The highest BCUT2D eigenvalue weighted by molar-refractivity contribution is 5.95. The van der Waals surface area contributed by atoms with E-state index >= 15 is 0 Å². The third-order valence-electron chi connectivity index (χ3n) is 7.30. The van der Waals surface area contributed by atoms with Gasteiger partial charge in [-0.25, -0.2) is 27.2 Å². The lowest BCUT2D eigenvalue weighted by atomic mass is 10.0. The van der Waals surface area contributed by atoms with Crippen LogP contribution in [0.15, 0.2) is 48.5 Å². The zero-order valence-electron chi connectivity index (χ0n) is 28.4. The highest BCUT2D eigenvalue weighted by Gasteiger charge is 2.37. The molecule has 0 aliphatic rings. The van der Waals surface area contributed by atoms with E-state index in [1.54, 1.807) is 20.8 Å². The maximum atomic E-state index is 13.8. The molecule has 4 rings (SSSR count). The van der Waals surface area contributed by atoms with Crippen molar-refractivity contribution in [1.82, 2.24) is 0 Å². The van der Waals surface area contributed by atoms with Gasteiger partial charge in [0.2, 0.25) is 0 Å². The second-order valence-corrected chi connectivity index (χ2v) is 12.2. The number of carboxylic acid groups (broad SMARTS) is 1. The molecule has 4 aromatic rings. The summed E-state index contributed by atoms with van der Waals surface area (Å²) in [5.74, 6) is -8.20. The molecule has 0 aliphatic carbocycles. The van der Waals surface area contributed by atoms with Crippen molar-refractivity contribution in [1.29, 1.82) is 0 Å². The van der Waals surface area contributed by atoms with Crippen molar-refractivity contribution >= 4 is 11.9 Å². The molecule has 0 bridgehead atoms. The van der Waals surface area contributed by atoms with E-state index in [2.05, 4.69) is 0 Å². The molecule has 0 unspecified atom stereocenters. The molecule has 0 saturated carbocycles. The number of aromatic carboxylic acids is 1. The first kappa shape index (κ1) is 41.1. The second-order valence-electron chi connectivity index (χ2n) is 12.2. The average molecular weight is 749 g/mol. The molecule has 1 N–H and O–H groups in total. The van der Waals surface area contributed by atoms with Gasteiger partial charge in [0.15, 0.2) is 23.3 Å². The van der Waals surface area contributed by atoms with Gasteiger partial charge in [-0.3, -0.25) is 0 Å². The minimum absolute atomic E-state index is 0.136. The van der Waals surface area contributed by atoms with Crippen LogP contribution in [0.25, 0.3) is 0 Å². The molecule has 0 saturated heterocycles. The summed E-state index contributed by atoms with van der Waals surface area (Å²) < 4.78 is 148. The second kappa shape index (κ2) is 15.1. The van der Waals surface area contributed by atoms with Crippen molar-refractivity contribution in [2.24, 2.45) is 0 Å². The number of alkyl halides is 6. The largest absolute Gasteiger partial charge is 0.478 e. The molecule has 0 aliphatic heterocycles. The lowest BCUT2D eigenvalue weighted by Crippen LogP contribution is -2.25. The van der Waals surface area contributed by atoms with Crippen molar-refractivity contribution in [3.05, 3.63) is 116 Å². The zero-order chi connectivity index (χ0) is 39.7. The summed E-state index contributed by atoms with van der Waals surface area (Å²) >= 11 is 0. The maximum Gasteiger partial charge on any atom is 0.416 e. The third kappa shape index (κ3) is 9.33. The summed E-state index contributed by atoms with van der Waals surface area (Å²) in [5, 5.41) is 9.20. The van der Waals surface area contributed by atoms with Gasteiger partial charge < -0.3 is 19.3 Å². The molecule has 0 radical (unpaired) electrons. The van der Waals surface area contributed by atoms with Crippen molar-refractivity contribution in [3.63, 3.8) is 0 Å². The summed E-state index contributed by atoms with van der Waals surface area (Å²) in [4.78, 5) is 23.9. The normalized spacial score (nSPS) is 11.8. The summed E-state index contributed by atoms with van der Waals surface area (Å²) in [6.45, 7) is 9.25. The number of halogens is 10. The Balaban J connectivity index is 0.000000284. The lowest BCUT2D eigenvalue weighted by molar-refractivity contribution is -0.138. The fourth-order valence-corrected chi connectivity index (χ4v) is 4.73. The summed E-state index contributed by atoms with van der Waals surface area (Å²) in [7, 11) is 0. The predicted molar refractivity (Wildman–Crippen MR) is 167 cm³/mol. The minimum Gasteiger partial charge on any atom is -0.478 e. The SMILES string of the molecule is Cc1c(Oc2ccc(C(F)(F)F)c(C)c2C(=O)O)ccc(F)c1F.Cc1c(Oc2ccc(C(F)(F)F)c(C)c2C(=O)OC(C)(C)C)ccc(F)c1F. The van der Waals surface area contributed by atoms with E-state index in [9.17, 15) is 58.6 Å². The topological polar surface area (TPSA) is 82.1 Å². The number of benzene rings is 4. The quantitative estimate of drug-likeness (QED) is 0.156. The molecule has 52 heavy (non-hydrogen) atoms. The highest BCUT2D eigenvalue weighted by Crippen LogP contribution is 2.40. The van der Waals surface area contributed by atoms with Crippen molar-refractivity contribution in [2.45, 2.75) is 66.4 Å². The standard InChI is InChI=1S/C20H19F5O3.C16H11F5O3/c1-10-12(20(23,24)25)6-8-15(16(10)18(26)28-19(3,4)5)27-14-9-7-13(21)17(22)11(14)2;1-7-9(16(19,20)21)3-5-12(13(7)15(22)23)24-11-6-4-10(17)14(18)8(11)2/h6-9H,1-5H3;3-6H,1-2H3,(H,22,23). The molecule has 0 amide bonds. The third-order valence-corrected chi connectivity index (χ3v) is 7.30. The van der Waals surface area contributed by atoms with Crippen LogP contribution in [0.4, 0.5) is 43.9 Å². The van der Waals surface area contributed by atoms with Gasteiger partial charge in [-0.15, -0.1) is 0 Å². The Bertz CT molecular complexity index is 2010. The molecule has 0 spiro atoms. The predicted octanol–water partition coefficient (Wildman–Crippen LogP) is 11.4. The Morgan fingerprint density at radius 2 is 0.885 bits per heavy atom. The highest BCUT2D eigenvalue weighted by atomic mass is 19.4. The zero-order valence-corrected chi connectivity index (χ0v) is 28.4. The first-order valence-electron chi connectivity index (χ1n) is 14.9. The molecule has 0 heterocycles. The number of hydrogen-bond acceptors (Lipinski definition) is 5. The van der Waals surface area contributed by atoms with E-state index in [-0.39, 0.29) is 33.9 Å². The number of esters is 1. The number of carboxylic acids is 1. The monoisotopic (exact) mass is 748 g/mol. The number of carbonyl (C=O) groups is 2. The molecule has 4 aromatic carbocycles. The first-order valence-corrected chi connectivity index (χ1v) is 14.9. The van der Waals surface area contributed by atoms with Gasteiger partial charge in [-0.2, -0.15) is 26.3 Å². The Labute approximate surface area is 290 Å². The van der Waals surface area contributed by atoms with Crippen LogP contribution in [0.1, 0.15) is 74.9 Å². The molecule has 0 fully saturated rings. The molecule has 280 valence electrons. The number of carbonyl (C=O) groups excluding carboxylic acids is 1. The fourth-order valence-electron chi connectivity index (χ4n) is 4.73. The molecule has 6 nitrogen and oxygen atoms in total. The average Bonchev–Trinajstić information content (AvgIpc) is 2.99. The summed E-state index contributed by atoms with van der Waals surface area (Å²) in [5.41, 5.74) is -5.59. The first-order chi connectivity index (χ1) is 23.8. The van der Waals surface area contributed by atoms with E-state index in [0.717, 1.165) is 56.3 Å². The number of hydrogen-bond donors (Lipinski definition) is 1. The Morgan fingerprint density at radius 1 is 0.538 bits per heavy atom. The maximum absolute atomic E-state index is 13.8. The van der Waals surface area contributed by atoms with Crippen LogP contribution < -0.4 is 9.47 Å². The van der Waals surface area contributed by atoms with Gasteiger partial charge in [-0.1, -0.05) is 0 Å². The Kier molecular flexibility index (Phi) is 12.0. The van der Waals surface area contributed by atoms with Crippen molar-refractivity contribution in [3.8, 4) is 23.0 Å². The lowest BCUT2D eigenvalue weighted by Gasteiger charge is -2.23. The van der Waals surface area contributed by atoms with E-state index < -0.39 is 86.7 Å². The molecule has 16 heteroatoms. The van der Waals surface area contributed by atoms with Gasteiger partial charge in [0.05, 0.1) is 11.1 Å². The van der Waals surface area contributed by atoms with Crippen molar-refractivity contribution < 1.29 is 72.8 Å². The van der Waals surface area contributed by atoms with Crippen LogP contribution in [0.5, 0.6) is 23.0 Å². The van der Waals surface area contributed by atoms with Crippen LogP contribution in [-0.2, 0) is 17.1 Å². The van der Waals surface area contributed by atoms with Gasteiger partial charge in [0, 0.05) is 11.1 Å². The molecule has 0 atom stereocenters. The van der Waals surface area contributed by atoms with E-state index in [0.29, 0.717) is 6.07 Å². The van der Waals surface area contributed by atoms with Gasteiger partial charge in [0.1, 0.15) is 39.7 Å². The molecular weight excluding hydrogens is 718 g/mol. The van der Waals surface area contributed by atoms with Gasteiger partial charge >= 0.3 is 24.3 Å². The van der Waals surface area contributed by atoms with Crippen molar-refractivity contribution in [2.75, 3.05) is 0 Å². The van der Waals surface area contributed by atoms with E-state index in [1.165, 1.54) is 13.8 Å². The molecule has 0 aromatic heterocycles. The summed E-state index contributed by atoms with van der Waals surface area (Å²) in [6, 6.07) is 7.00. The Hall–Kier alpha value is -5.28. The molecular formula is C36H30F10O6. The van der Waals surface area contributed by atoms with Gasteiger partial charge in [-0.05, 0) is 108 Å². The minimum atomic E-state index is -4.73. The van der Waals surface area contributed by atoms with E-state index in [4.69, 9.17) is 14.2 Å². The van der Waals surface area contributed by atoms with Crippen LogP contribution in [0.2, 0.25) is 0 Å². The smallest absolute Gasteiger partial charge is 0.416 e. The Morgan fingerprint density at radius 3 is 1.23 bits per heavy atom. The summed E-state index contributed by atoms with van der Waals surface area (Å²) in [6.07, 6.45) is -9.43. The number of rotatable bonds is 6. The van der Waals surface area contributed by atoms with Crippen LogP contribution in [-0.4, -0.2) is 22.6 Å².